The third kappa shape index (κ3) is 5.73. The van der Waals surface area contributed by atoms with E-state index < -0.39 is 17.1 Å². The fourth-order valence-corrected chi connectivity index (χ4v) is 3.96. The molecule has 8 nitrogen and oxygen atoms in total. The van der Waals surface area contributed by atoms with Gasteiger partial charge in [-0.3, -0.25) is 19.3 Å². The van der Waals surface area contributed by atoms with Crippen molar-refractivity contribution in [3.63, 3.8) is 0 Å². The van der Waals surface area contributed by atoms with Gasteiger partial charge in [-0.15, -0.1) is 0 Å². The Hall–Kier alpha value is -3.77. The fraction of sp³-hybridized carbons (Fsp3) is 0.250. The van der Waals surface area contributed by atoms with Crippen LogP contribution in [0.1, 0.15) is 23.6 Å². The van der Waals surface area contributed by atoms with E-state index >= 15 is 0 Å². The highest BCUT2D eigenvalue weighted by atomic mass is 32.2. The monoisotopic (exact) mass is 465 g/mol. The number of anilines is 1. The molecule has 0 unspecified atom stereocenters. The number of ether oxygens (including phenoxy) is 2. The van der Waals surface area contributed by atoms with Crippen LogP contribution in [0.5, 0.6) is 11.5 Å². The minimum atomic E-state index is -0.538. The Morgan fingerprint density at radius 3 is 2.70 bits per heavy atom. The molecule has 0 radical (unpaired) electrons. The van der Waals surface area contributed by atoms with Crippen LogP contribution in [-0.2, 0) is 9.59 Å². The van der Waals surface area contributed by atoms with Gasteiger partial charge in [-0.25, -0.2) is 0 Å². The van der Waals surface area contributed by atoms with E-state index in [-0.39, 0.29) is 18.1 Å². The van der Waals surface area contributed by atoms with Gasteiger partial charge in [-0.2, -0.15) is 5.26 Å². The molecule has 1 fully saturated rings. The molecule has 0 aromatic heterocycles. The highest BCUT2D eigenvalue weighted by Gasteiger charge is 2.36. The lowest BCUT2D eigenvalue weighted by molar-refractivity contribution is -0.127. The van der Waals surface area contributed by atoms with Crippen molar-refractivity contribution in [2.75, 3.05) is 25.1 Å². The van der Waals surface area contributed by atoms with Crippen molar-refractivity contribution in [2.24, 2.45) is 0 Å². The van der Waals surface area contributed by atoms with Crippen LogP contribution in [-0.4, -0.2) is 41.7 Å². The van der Waals surface area contributed by atoms with Gasteiger partial charge in [0.1, 0.15) is 12.6 Å². The molecule has 9 heteroatoms. The molecule has 2 aromatic rings. The molecule has 33 heavy (non-hydrogen) atoms. The predicted octanol–water partition coefficient (Wildman–Crippen LogP) is 4.28. The Morgan fingerprint density at radius 1 is 1.18 bits per heavy atom. The summed E-state index contributed by atoms with van der Waals surface area (Å²) in [6.07, 6.45) is 1.56. The first-order chi connectivity index (χ1) is 15.8. The normalized spacial score (nSPS) is 14.4. The maximum absolute atomic E-state index is 12.8. The number of carbonyl (C=O) groups is 3. The summed E-state index contributed by atoms with van der Waals surface area (Å²) in [5.41, 5.74) is 3.21. The maximum Gasteiger partial charge on any atom is 0.294 e. The van der Waals surface area contributed by atoms with E-state index in [0.717, 1.165) is 27.8 Å². The molecule has 170 valence electrons. The molecule has 1 saturated heterocycles. The van der Waals surface area contributed by atoms with Crippen molar-refractivity contribution in [1.29, 1.82) is 5.26 Å². The molecule has 0 spiro atoms. The number of benzene rings is 2. The van der Waals surface area contributed by atoms with Gasteiger partial charge in [0.05, 0.1) is 11.5 Å². The van der Waals surface area contributed by atoms with Crippen molar-refractivity contribution in [2.45, 2.75) is 20.8 Å². The van der Waals surface area contributed by atoms with Gasteiger partial charge < -0.3 is 14.8 Å². The fourth-order valence-electron chi connectivity index (χ4n) is 3.12. The van der Waals surface area contributed by atoms with E-state index in [1.54, 1.807) is 30.3 Å². The second-order valence-corrected chi connectivity index (χ2v) is 8.14. The molecule has 1 heterocycles. The van der Waals surface area contributed by atoms with Gasteiger partial charge in [-0.05, 0) is 73.5 Å². The average Bonchev–Trinajstić information content (AvgIpc) is 3.04. The molecule has 0 bridgehead atoms. The van der Waals surface area contributed by atoms with Crippen LogP contribution >= 0.6 is 11.8 Å². The Kier molecular flexibility index (Phi) is 7.74. The Labute approximate surface area is 196 Å². The first-order valence-corrected chi connectivity index (χ1v) is 11.0. The van der Waals surface area contributed by atoms with Gasteiger partial charge in [-0.1, -0.05) is 18.2 Å². The standard InChI is InChI=1S/C24H23N3O5S/c1-4-31-20-12-17(8-9-19(20)32-11-10-25)13-21-23(29)27(24(30)33-21)14-22(28)26-18-7-5-6-15(2)16(18)3/h5-9,12-13H,4,11,14H2,1-3H3,(H,26,28)/b21-13-. The number of hydrogen-bond donors (Lipinski definition) is 1. The van der Waals surface area contributed by atoms with E-state index in [1.165, 1.54) is 0 Å². The summed E-state index contributed by atoms with van der Waals surface area (Å²) in [6.45, 7) is 5.53. The van der Waals surface area contributed by atoms with Crippen LogP contribution in [0.4, 0.5) is 10.5 Å². The van der Waals surface area contributed by atoms with Crippen molar-refractivity contribution in [3.05, 3.63) is 58.0 Å². The maximum atomic E-state index is 12.8. The predicted molar refractivity (Wildman–Crippen MR) is 126 cm³/mol. The molecular weight excluding hydrogens is 442 g/mol. The van der Waals surface area contributed by atoms with Crippen LogP contribution in [0.2, 0.25) is 0 Å². The van der Waals surface area contributed by atoms with Gasteiger partial charge in [0.15, 0.2) is 18.1 Å². The summed E-state index contributed by atoms with van der Waals surface area (Å²) in [5.74, 6) is -0.158. The number of carbonyl (C=O) groups excluding carboxylic acids is 3. The highest BCUT2D eigenvalue weighted by molar-refractivity contribution is 8.18. The molecule has 1 N–H and O–H groups in total. The topological polar surface area (TPSA) is 109 Å². The zero-order valence-electron chi connectivity index (χ0n) is 18.5. The zero-order valence-corrected chi connectivity index (χ0v) is 19.3. The van der Waals surface area contributed by atoms with Crippen LogP contribution in [0.15, 0.2) is 41.3 Å². The van der Waals surface area contributed by atoms with E-state index in [4.69, 9.17) is 14.7 Å². The SMILES string of the molecule is CCOc1cc(/C=C2\SC(=O)N(CC(=O)Nc3cccc(C)c3C)C2=O)ccc1OCC#N. The van der Waals surface area contributed by atoms with Crippen molar-refractivity contribution in [1.82, 2.24) is 4.90 Å². The number of imide groups is 1. The molecule has 3 rings (SSSR count). The Bertz CT molecular complexity index is 1170. The lowest BCUT2D eigenvalue weighted by atomic mass is 10.1. The van der Waals surface area contributed by atoms with Crippen molar-refractivity contribution >= 4 is 40.6 Å². The number of nitrogens with zero attached hydrogens (tertiary/aromatic N) is 2. The highest BCUT2D eigenvalue weighted by Crippen LogP contribution is 2.34. The third-order valence-corrected chi connectivity index (χ3v) is 5.82. The third-order valence-electron chi connectivity index (χ3n) is 4.91. The van der Waals surface area contributed by atoms with Gasteiger partial charge in [0.25, 0.3) is 11.1 Å². The van der Waals surface area contributed by atoms with Crippen LogP contribution in [0.3, 0.4) is 0 Å². The average molecular weight is 466 g/mol. The molecular formula is C24H23N3O5S. The van der Waals surface area contributed by atoms with Gasteiger partial charge >= 0.3 is 0 Å². The first kappa shape index (κ1) is 23.9. The Balaban J connectivity index is 1.74. The largest absolute Gasteiger partial charge is 0.490 e. The molecule has 0 aliphatic carbocycles. The number of hydrogen-bond acceptors (Lipinski definition) is 7. The van der Waals surface area contributed by atoms with Gasteiger partial charge in [0, 0.05) is 5.69 Å². The number of thioether (sulfide) groups is 1. The minimum absolute atomic E-state index is 0.123. The first-order valence-electron chi connectivity index (χ1n) is 10.2. The summed E-state index contributed by atoms with van der Waals surface area (Å²) in [5, 5.41) is 11.0. The number of rotatable bonds is 8. The molecule has 3 amide bonds. The summed E-state index contributed by atoms with van der Waals surface area (Å²) in [4.78, 5) is 38.8. The van der Waals surface area contributed by atoms with Crippen LogP contribution in [0.25, 0.3) is 6.08 Å². The Morgan fingerprint density at radius 2 is 1.97 bits per heavy atom. The summed E-state index contributed by atoms with van der Waals surface area (Å²) >= 11 is 0.771. The second kappa shape index (κ2) is 10.7. The van der Waals surface area contributed by atoms with E-state index in [0.29, 0.717) is 29.4 Å². The quantitative estimate of drug-likeness (QED) is 0.580. The van der Waals surface area contributed by atoms with E-state index in [1.807, 2.05) is 39.0 Å². The number of nitriles is 1. The molecule has 1 aliphatic rings. The number of amides is 3. The number of nitrogens with one attached hydrogen (secondary N) is 1. The number of aryl methyl sites for hydroxylation is 1. The summed E-state index contributed by atoms with van der Waals surface area (Å²) in [7, 11) is 0. The summed E-state index contributed by atoms with van der Waals surface area (Å²) < 4.78 is 10.9. The molecule has 1 aliphatic heterocycles. The smallest absolute Gasteiger partial charge is 0.294 e. The lowest BCUT2D eigenvalue weighted by Crippen LogP contribution is -2.36. The molecule has 2 aromatic carbocycles. The van der Waals surface area contributed by atoms with Crippen LogP contribution in [0, 0.1) is 25.2 Å². The van der Waals surface area contributed by atoms with E-state index in [9.17, 15) is 14.4 Å². The molecule has 0 saturated carbocycles. The minimum Gasteiger partial charge on any atom is -0.490 e. The van der Waals surface area contributed by atoms with Gasteiger partial charge in [0.2, 0.25) is 5.91 Å². The lowest BCUT2D eigenvalue weighted by Gasteiger charge is -2.14. The van der Waals surface area contributed by atoms with E-state index in [2.05, 4.69) is 5.32 Å². The summed E-state index contributed by atoms with van der Waals surface area (Å²) in [6, 6.07) is 12.4. The zero-order chi connectivity index (χ0) is 24.0. The second-order valence-electron chi connectivity index (χ2n) is 7.15. The van der Waals surface area contributed by atoms with Crippen molar-refractivity contribution < 1.29 is 23.9 Å². The molecule has 0 atom stereocenters. The van der Waals surface area contributed by atoms with Crippen molar-refractivity contribution in [3.8, 4) is 17.6 Å². The van der Waals surface area contributed by atoms with Crippen LogP contribution < -0.4 is 14.8 Å².